The zero-order valence-corrected chi connectivity index (χ0v) is 11.4. The monoisotopic (exact) mass is 286 g/mol. The van der Waals surface area contributed by atoms with Gasteiger partial charge in [0, 0.05) is 16.2 Å². The van der Waals surface area contributed by atoms with Crippen LogP contribution in [0.5, 0.6) is 0 Å². The fourth-order valence-corrected chi connectivity index (χ4v) is 3.30. The zero-order chi connectivity index (χ0) is 13.9. The first-order valence-electron chi connectivity index (χ1n) is 6.66. The zero-order valence-electron chi connectivity index (χ0n) is 10.6. The lowest BCUT2D eigenvalue weighted by molar-refractivity contribution is 0.0960. The van der Waals surface area contributed by atoms with Crippen LogP contribution in [0.2, 0.25) is 5.02 Å². The van der Waals surface area contributed by atoms with Gasteiger partial charge >= 0.3 is 0 Å². The number of hydrogen-bond donors (Lipinski definition) is 0. The summed E-state index contributed by atoms with van der Waals surface area (Å²) in [6.07, 6.45) is 3.67. The predicted octanol–water partition coefficient (Wildman–Crippen LogP) is 3.03. The Kier molecular flexibility index (Phi) is 2.39. The smallest absolute Gasteiger partial charge is 0.269 e. The highest BCUT2D eigenvalue weighted by Gasteiger charge is 2.33. The van der Waals surface area contributed by atoms with Gasteiger partial charge in [0.05, 0.1) is 10.9 Å². The fourth-order valence-electron chi connectivity index (χ4n) is 3.13. The Morgan fingerprint density at radius 3 is 2.65 bits per heavy atom. The molecule has 100 valence electrons. The normalized spacial score (nSPS) is 17.6. The number of rotatable bonds is 0. The number of halogens is 1. The van der Waals surface area contributed by atoms with Crippen molar-refractivity contribution in [2.45, 2.75) is 25.7 Å². The van der Waals surface area contributed by atoms with E-state index in [1.807, 2.05) is 0 Å². The van der Waals surface area contributed by atoms with Gasteiger partial charge < -0.3 is 0 Å². The first-order valence-corrected chi connectivity index (χ1v) is 7.04. The minimum Gasteiger partial charge on any atom is -0.269 e. The summed E-state index contributed by atoms with van der Waals surface area (Å²) in [5, 5.41) is 0.870. The largest absolute Gasteiger partial charge is 0.281 e. The summed E-state index contributed by atoms with van der Waals surface area (Å²) in [4.78, 5) is 28.9. The number of hydrogen-bond acceptors (Lipinski definition) is 3. The molecular formula is C15H11ClN2O2. The van der Waals surface area contributed by atoms with E-state index in [1.165, 1.54) is 0 Å². The third kappa shape index (κ3) is 1.45. The number of carbonyl (C=O) groups is 1. The first kappa shape index (κ1) is 11.9. The maximum absolute atomic E-state index is 12.6. The molecule has 2 aromatic rings. The lowest BCUT2D eigenvalue weighted by Gasteiger charge is -2.10. The topological polar surface area (TPSA) is 52.0 Å². The Hall–Kier alpha value is -1.94. The molecule has 0 atom stereocenters. The summed E-state index contributed by atoms with van der Waals surface area (Å²) in [7, 11) is 0. The van der Waals surface area contributed by atoms with Gasteiger partial charge in [-0.25, -0.2) is 0 Å². The molecule has 2 aliphatic rings. The van der Waals surface area contributed by atoms with Crippen LogP contribution in [0, 0.1) is 0 Å². The van der Waals surface area contributed by atoms with E-state index in [0.29, 0.717) is 21.7 Å². The maximum atomic E-state index is 12.6. The van der Waals surface area contributed by atoms with Gasteiger partial charge in [0.1, 0.15) is 5.82 Å². The van der Waals surface area contributed by atoms with E-state index in [-0.39, 0.29) is 11.5 Å². The molecule has 0 bridgehead atoms. The average molecular weight is 287 g/mol. The van der Waals surface area contributed by atoms with E-state index < -0.39 is 0 Å². The Morgan fingerprint density at radius 2 is 1.85 bits per heavy atom. The molecule has 1 aromatic heterocycles. The molecular weight excluding hydrogens is 276 g/mol. The van der Waals surface area contributed by atoms with Gasteiger partial charge in [-0.3, -0.25) is 14.2 Å². The van der Waals surface area contributed by atoms with Crippen LogP contribution in [0.3, 0.4) is 0 Å². The molecule has 1 aliphatic carbocycles. The van der Waals surface area contributed by atoms with Crippen molar-refractivity contribution >= 4 is 34.0 Å². The molecule has 0 saturated carbocycles. The summed E-state index contributed by atoms with van der Waals surface area (Å²) in [6, 6.07) is 4.99. The standard InChI is InChI=1S/C15H11ClN2O2/c16-8-5-6-12-11(7-8)14(19)17-13-9-3-1-2-4-10(9)15(20)18(12)13/h5-7H,1-4H2. The van der Waals surface area contributed by atoms with Gasteiger partial charge in [0.25, 0.3) is 11.5 Å². The summed E-state index contributed by atoms with van der Waals surface area (Å²) in [5.41, 5.74) is 2.06. The van der Waals surface area contributed by atoms with E-state index in [1.54, 1.807) is 22.8 Å². The number of allylic oxidation sites excluding steroid dienone is 2. The molecule has 4 rings (SSSR count). The SMILES string of the molecule is O=C1C2=C(CCCC2)c2nc(=O)c3cc(Cl)ccc3n21. The first-order chi connectivity index (χ1) is 9.66. The second kappa shape index (κ2) is 4.03. The van der Waals surface area contributed by atoms with Gasteiger partial charge in [0.15, 0.2) is 0 Å². The highest BCUT2D eigenvalue weighted by Crippen LogP contribution is 2.38. The van der Waals surface area contributed by atoms with Crippen LogP contribution >= 0.6 is 11.6 Å². The Morgan fingerprint density at radius 1 is 1.10 bits per heavy atom. The Labute approximate surface area is 119 Å². The molecule has 5 heteroatoms. The fraction of sp³-hybridized carbons (Fsp3) is 0.267. The minimum atomic E-state index is -0.319. The van der Waals surface area contributed by atoms with Gasteiger partial charge in [-0.1, -0.05) is 11.6 Å². The maximum Gasteiger partial charge on any atom is 0.281 e. The number of benzene rings is 1. The number of fused-ring (bicyclic) bond motifs is 4. The highest BCUT2D eigenvalue weighted by atomic mass is 35.5. The van der Waals surface area contributed by atoms with Crippen molar-refractivity contribution in [3.8, 4) is 0 Å². The third-order valence-electron chi connectivity index (χ3n) is 4.05. The lowest BCUT2D eigenvalue weighted by atomic mass is 9.93. The van der Waals surface area contributed by atoms with E-state index in [9.17, 15) is 9.59 Å². The van der Waals surface area contributed by atoms with E-state index in [4.69, 9.17) is 11.6 Å². The van der Waals surface area contributed by atoms with Crippen LogP contribution < -0.4 is 5.56 Å². The van der Waals surface area contributed by atoms with E-state index >= 15 is 0 Å². The summed E-state index contributed by atoms with van der Waals surface area (Å²) in [6.45, 7) is 0. The van der Waals surface area contributed by atoms with Crippen molar-refractivity contribution in [2.75, 3.05) is 0 Å². The van der Waals surface area contributed by atoms with Crippen molar-refractivity contribution < 1.29 is 4.79 Å². The lowest BCUT2D eigenvalue weighted by Crippen LogP contribution is -2.19. The second-order valence-electron chi connectivity index (χ2n) is 5.21. The van der Waals surface area contributed by atoms with E-state index in [0.717, 1.165) is 36.8 Å². The van der Waals surface area contributed by atoms with E-state index in [2.05, 4.69) is 4.98 Å². The molecule has 20 heavy (non-hydrogen) atoms. The third-order valence-corrected chi connectivity index (χ3v) is 4.28. The molecule has 1 aromatic carbocycles. The number of carbonyl (C=O) groups excluding carboxylic acids is 1. The summed E-state index contributed by atoms with van der Waals surface area (Å²) in [5.74, 6) is 0.499. The van der Waals surface area contributed by atoms with Crippen LogP contribution in [-0.4, -0.2) is 15.5 Å². The second-order valence-corrected chi connectivity index (χ2v) is 5.64. The van der Waals surface area contributed by atoms with Gasteiger partial charge in [-0.2, -0.15) is 4.98 Å². The Balaban J connectivity index is 2.11. The van der Waals surface area contributed by atoms with Gasteiger partial charge in [-0.15, -0.1) is 0 Å². The Bertz CT molecular complexity index is 864. The summed E-state index contributed by atoms with van der Waals surface area (Å²) < 4.78 is 1.57. The van der Waals surface area contributed by atoms with Crippen molar-refractivity contribution in [3.63, 3.8) is 0 Å². The van der Waals surface area contributed by atoms with Crippen LogP contribution in [0.15, 0.2) is 28.6 Å². The number of aromatic nitrogens is 2. The van der Waals surface area contributed by atoms with Crippen LogP contribution in [0.1, 0.15) is 36.3 Å². The molecule has 0 radical (unpaired) electrons. The molecule has 0 spiro atoms. The van der Waals surface area contributed by atoms with Gasteiger partial charge in [-0.05, 0) is 43.9 Å². The molecule has 0 amide bonds. The molecule has 0 unspecified atom stereocenters. The minimum absolute atomic E-state index is 0.0328. The van der Waals surface area contributed by atoms with Crippen LogP contribution in [0.25, 0.3) is 16.5 Å². The summed E-state index contributed by atoms with van der Waals surface area (Å²) >= 11 is 5.93. The molecule has 2 heterocycles. The van der Waals surface area contributed by atoms with Crippen LogP contribution in [0.4, 0.5) is 0 Å². The van der Waals surface area contributed by atoms with Crippen molar-refractivity contribution in [1.82, 2.24) is 9.55 Å². The van der Waals surface area contributed by atoms with Crippen molar-refractivity contribution in [3.05, 3.63) is 45.0 Å². The molecule has 0 N–H and O–H groups in total. The quantitative estimate of drug-likeness (QED) is 0.748. The highest BCUT2D eigenvalue weighted by molar-refractivity contribution is 6.31. The molecule has 0 saturated heterocycles. The van der Waals surface area contributed by atoms with Crippen molar-refractivity contribution in [1.29, 1.82) is 0 Å². The number of nitrogens with zero attached hydrogens (tertiary/aromatic N) is 2. The average Bonchev–Trinajstić information content (AvgIpc) is 2.73. The van der Waals surface area contributed by atoms with Crippen LogP contribution in [-0.2, 0) is 0 Å². The van der Waals surface area contributed by atoms with Crippen molar-refractivity contribution in [2.24, 2.45) is 0 Å². The molecule has 0 fully saturated rings. The van der Waals surface area contributed by atoms with Gasteiger partial charge in [0.2, 0.25) is 0 Å². The molecule has 4 nitrogen and oxygen atoms in total. The predicted molar refractivity (Wildman–Crippen MR) is 77.0 cm³/mol. The molecule has 1 aliphatic heterocycles.